The number of aromatic nitrogens is 2. The molecule has 1 aromatic rings. The number of likely N-dealkylation sites (tertiary alicyclic amines) is 1. The number of piperidine rings is 1. The molecule has 1 saturated heterocycles. The van der Waals surface area contributed by atoms with Crippen molar-refractivity contribution in [1.29, 1.82) is 0 Å². The summed E-state index contributed by atoms with van der Waals surface area (Å²) in [5, 5.41) is 7.64. The van der Waals surface area contributed by atoms with Crippen molar-refractivity contribution < 1.29 is 0 Å². The molecule has 0 spiro atoms. The van der Waals surface area contributed by atoms with Gasteiger partial charge in [0.2, 0.25) is 0 Å². The summed E-state index contributed by atoms with van der Waals surface area (Å²) in [6.45, 7) is 10.8. The van der Waals surface area contributed by atoms with E-state index in [1.807, 2.05) is 17.9 Å². The number of hydrogen-bond acceptors (Lipinski definition) is 2. The molecule has 118 valence electrons. The summed E-state index contributed by atoms with van der Waals surface area (Å²) in [7, 11) is 1.95. The molecule has 21 heavy (non-hydrogen) atoms. The second-order valence-corrected chi connectivity index (χ2v) is 6.36. The highest BCUT2D eigenvalue weighted by atomic mass is 15.3. The maximum Gasteiger partial charge on any atom is 0.193 e. The average Bonchev–Trinajstić information content (AvgIpc) is 2.82. The van der Waals surface area contributed by atoms with E-state index in [1.165, 1.54) is 12.0 Å². The molecule has 2 heterocycles. The van der Waals surface area contributed by atoms with Gasteiger partial charge in [-0.25, -0.2) is 0 Å². The normalized spacial score (nSPS) is 23.4. The fourth-order valence-electron chi connectivity index (χ4n) is 3.15. The summed E-state index contributed by atoms with van der Waals surface area (Å²) < 4.78 is 1.85. The topological polar surface area (TPSA) is 45.5 Å². The number of guanidine groups is 1. The molecule has 1 fully saturated rings. The average molecular weight is 291 g/mol. The number of nitrogens with zero attached hydrogens (tertiary/aromatic N) is 4. The van der Waals surface area contributed by atoms with Crippen LogP contribution in [0.15, 0.2) is 17.4 Å². The molecule has 0 amide bonds. The lowest BCUT2D eigenvalue weighted by atomic mass is 9.92. The van der Waals surface area contributed by atoms with Gasteiger partial charge in [-0.05, 0) is 37.2 Å². The van der Waals surface area contributed by atoms with Crippen molar-refractivity contribution in [3.05, 3.63) is 18.0 Å². The maximum atomic E-state index is 4.80. The molecular formula is C16H29N5. The third-order valence-corrected chi connectivity index (χ3v) is 3.92. The summed E-state index contributed by atoms with van der Waals surface area (Å²) >= 11 is 0. The number of nitrogens with one attached hydrogen (secondary N) is 1. The summed E-state index contributed by atoms with van der Waals surface area (Å²) in [5.74, 6) is 2.56. The third kappa shape index (κ3) is 4.76. The summed E-state index contributed by atoms with van der Waals surface area (Å²) in [5.41, 5.74) is 1.25. The lowest BCUT2D eigenvalue weighted by molar-refractivity contribution is 0.208. The van der Waals surface area contributed by atoms with Crippen molar-refractivity contribution in [2.24, 2.45) is 23.9 Å². The molecule has 1 N–H and O–H groups in total. The molecule has 5 nitrogen and oxygen atoms in total. The number of hydrogen-bond donors (Lipinski definition) is 1. The molecule has 2 unspecified atom stereocenters. The van der Waals surface area contributed by atoms with Crippen LogP contribution in [0.5, 0.6) is 0 Å². The zero-order valence-corrected chi connectivity index (χ0v) is 13.8. The van der Waals surface area contributed by atoms with Gasteiger partial charge in [0.25, 0.3) is 0 Å². The molecule has 0 saturated carbocycles. The van der Waals surface area contributed by atoms with Crippen molar-refractivity contribution in [2.75, 3.05) is 26.2 Å². The number of rotatable bonds is 4. The van der Waals surface area contributed by atoms with Crippen LogP contribution in [0.4, 0.5) is 0 Å². The molecule has 2 rings (SSSR count). The fraction of sp³-hybridized carbons (Fsp3) is 0.750. The minimum atomic E-state index is 0.746. The molecule has 1 aromatic heterocycles. The van der Waals surface area contributed by atoms with Gasteiger partial charge in [0.05, 0.1) is 6.20 Å². The first-order valence-corrected chi connectivity index (χ1v) is 8.09. The standard InChI is InChI=1S/C16H29N5/c1-5-17-16(21-10-13(2)8-14(3)11-21)18-7-6-15-9-19-20(4)12-15/h9,12-14H,5-8,10-11H2,1-4H3,(H,17,18). The predicted molar refractivity (Wildman–Crippen MR) is 87.4 cm³/mol. The van der Waals surface area contributed by atoms with Crippen LogP contribution in [0, 0.1) is 11.8 Å². The Labute approximate surface area is 128 Å². The van der Waals surface area contributed by atoms with Crippen molar-refractivity contribution in [1.82, 2.24) is 20.0 Å². The van der Waals surface area contributed by atoms with Gasteiger partial charge in [-0.3, -0.25) is 9.67 Å². The van der Waals surface area contributed by atoms with Gasteiger partial charge in [-0.2, -0.15) is 5.10 Å². The van der Waals surface area contributed by atoms with Crippen LogP contribution >= 0.6 is 0 Å². The summed E-state index contributed by atoms with van der Waals surface area (Å²) in [4.78, 5) is 7.23. The quantitative estimate of drug-likeness (QED) is 0.681. The highest BCUT2D eigenvalue weighted by Gasteiger charge is 2.23. The highest BCUT2D eigenvalue weighted by Crippen LogP contribution is 2.20. The van der Waals surface area contributed by atoms with E-state index in [0.29, 0.717) is 0 Å². The van der Waals surface area contributed by atoms with E-state index in [1.54, 1.807) is 0 Å². The molecular weight excluding hydrogens is 262 g/mol. The van der Waals surface area contributed by atoms with Crippen molar-refractivity contribution in [3.63, 3.8) is 0 Å². The summed E-state index contributed by atoms with van der Waals surface area (Å²) in [6, 6.07) is 0. The smallest absolute Gasteiger partial charge is 0.193 e. The first-order valence-electron chi connectivity index (χ1n) is 8.09. The molecule has 0 aromatic carbocycles. The van der Waals surface area contributed by atoms with Crippen LogP contribution in [-0.2, 0) is 13.5 Å². The lowest BCUT2D eigenvalue weighted by Crippen LogP contribution is -2.48. The van der Waals surface area contributed by atoms with Crippen LogP contribution in [-0.4, -0.2) is 46.8 Å². The second kappa shape index (κ2) is 7.48. The first-order chi connectivity index (χ1) is 10.1. The van der Waals surface area contributed by atoms with Crippen molar-refractivity contribution >= 4 is 5.96 Å². The van der Waals surface area contributed by atoms with E-state index >= 15 is 0 Å². The zero-order valence-electron chi connectivity index (χ0n) is 13.8. The van der Waals surface area contributed by atoms with Crippen LogP contribution in [0.25, 0.3) is 0 Å². The fourth-order valence-corrected chi connectivity index (χ4v) is 3.15. The minimum absolute atomic E-state index is 0.746. The Bertz CT molecular complexity index is 455. The van der Waals surface area contributed by atoms with Crippen molar-refractivity contribution in [2.45, 2.75) is 33.6 Å². The van der Waals surface area contributed by atoms with Gasteiger partial charge in [0.15, 0.2) is 5.96 Å². The van der Waals surface area contributed by atoms with E-state index < -0.39 is 0 Å². The van der Waals surface area contributed by atoms with Gasteiger partial charge in [-0.1, -0.05) is 13.8 Å². The van der Waals surface area contributed by atoms with E-state index in [9.17, 15) is 0 Å². The molecule has 1 aliphatic rings. The Kier molecular flexibility index (Phi) is 5.65. The van der Waals surface area contributed by atoms with Gasteiger partial charge in [-0.15, -0.1) is 0 Å². The van der Waals surface area contributed by atoms with Gasteiger partial charge >= 0.3 is 0 Å². The van der Waals surface area contributed by atoms with E-state index in [0.717, 1.165) is 50.4 Å². The Morgan fingerprint density at radius 1 is 1.38 bits per heavy atom. The minimum Gasteiger partial charge on any atom is -0.357 e. The first kappa shape index (κ1) is 15.9. The molecule has 5 heteroatoms. The Hall–Kier alpha value is -1.52. The Morgan fingerprint density at radius 2 is 2.10 bits per heavy atom. The van der Waals surface area contributed by atoms with Crippen LogP contribution < -0.4 is 5.32 Å². The molecule has 0 aliphatic carbocycles. The lowest BCUT2D eigenvalue weighted by Gasteiger charge is -2.37. The molecule has 0 bridgehead atoms. The molecule has 1 aliphatic heterocycles. The van der Waals surface area contributed by atoms with Crippen LogP contribution in [0.1, 0.15) is 32.8 Å². The van der Waals surface area contributed by atoms with E-state index in [2.05, 4.69) is 42.3 Å². The molecule has 2 atom stereocenters. The van der Waals surface area contributed by atoms with Crippen LogP contribution in [0.3, 0.4) is 0 Å². The van der Waals surface area contributed by atoms with Gasteiger partial charge in [0.1, 0.15) is 0 Å². The highest BCUT2D eigenvalue weighted by molar-refractivity contribution is 5.80. The largest absolute Gasteiger partial charge is 0.357 e. The van der Waals surface area contributed by atoms with E-state index in [4.69, 9.17) is 4.99 Å². The number of aryl methyl sites for hydroxylation is 1. The monoisotopic (exact) mass is 291 g/mol. The molecule has 0 radical (unpaired) electrons. The third-order valence-electron chi connectivity index (χ3n) is 3.92. The SMILES string of the molecule is CCNC(=NCCc1cnn(C)c1)N1CC(C)CC(C)C1. The predicted octanol–water partition coefficient (Wildman–Crippen LogP) is 1.91. The second-order valence-electron chi connectivity index (χ2n) is 6.36. The zero-order chi connectivity index (χ0) is 15.2. The Morgan fingerprint density at radius 3 is 2.67 bits per heavy atom. The van der Waals surface area contributed by atoms with Gasteiger partial charge in [0, 0.05) is 39.4 Å². The number of aliphatic imine (C=N–C) groups is 1. The van der Waals surface area contributed by atoms with E-state index in [-0.39, 0.29) is 0 Å². The Balaban J connectivity index is 1.95. The summed E-state index contributed by atoms with van der Waals surface area (Å²) in [6.07, 6.45) is 6.26. The van der Waals surface area contributed by atoms with Crippen LogP contribution in [0.2, 0.25) is 0 Å². The maximum absolute atomic E-state index is 4.80. The van der Waals surface area contributed by atoms with Gasteiger partial charge < -0.3 is 10.2 Å². The van der Waals surface area contributed by atoms with Crippen molar-refractivity contribution in [3.8, 4) is 0 Å².